The van der Waals surface area contributed by atoms with Crippen LogP contribution in [0, 0.1) is 11.7 Å². The average Bonchev–Trinajstić information content (AvgIpc) is 3.17. The summed E-state index contributed by atoms with van der Waals surface area (Å²) < 4.78 is 29.5. The summed E-state index contributed by atoms with van der Waals surface area (Å²) in [6.45, 7) is 7.95. The van der Waals surface area contributed by atoms with Gasteiger partial charge in [0, 0.05) is 18.7 Å². The van der Waals surface area contributed by atoms with Crippen LogP contribution < -0.4 is 0 Å². The van der Waals surface area contributed by atoms with Gasteiger partial charge in [-0.3, -0.25) is 4.79 Å². The molecule has 2 heterocycles. The normalized spacial score (nSPS) is 16.2. The van der Waals surface area contributed by atoms with Crippen LogP contribution in [-0.4, -0.2) is 45.9 Å². The van der Waals surface area contributed by atoms with E-state index in [1.54, 1.807) is 11.8 Å². The van der Waals surface area contributed by atoms with Crippen LogP contribution in [0.25, 0.3) is 11.5 Å². The molecule has 0 N–H and O–H groups in total. The summed E-state index contributed by atoms with van der Waals surface area (Å²) >= 11 is 0. The molecule has 0 unspecified atom stereocenters. The lowest BCUT2D eigenvalue weighted by atomic mass is 9.97. The van der Waals surface area contributed by atoms with Crippen molar-refractivity contribution in [2.45, 2.75) is 52.2 Å². The zero-order valence-electron chi connectivity index (χ0n) is 17.6. The predicted octanol–water partition coefficient (Wildman–Crippen LogP) is 4.13. The fourth-order valence-electron chi connectivity index (χ4n) is 3.05. The average molecular weight is 419 g/mol. The van der Waals surface area contributed by atoms with Gasteiger partial charge in [-0.25, -0.2) is 9.18 Å². The second kappa shape index (κ2) is 8.81. The van der Waals surface area contributed by atoms with Gasteiger partial charge < -0.3 is 18.8 Å². The van der Waals surface area contributed by atoms with E-state index < -0.39 is 11.7 Å². The number of amides is 1. The highest BCUT2D eigenvalue weighted by atomic mass is 19.1. The van der Waals surface area contributed by atoms with E-state index in [1.165, 1.54) is 24.3 Å². The minimum Gasteiger partial charge on any atom is -0.452 e. The maximum absolute atomic E-state index is 13.0. The van der Waals surface area contributed by atoms with Gasteiger partial charge in [0.15, 0.2) is 6.10 Å². The van der Waals surface area contributed by atoms with Crippen molar-refractivity contribution in [3.05, 3.63) is 36.0 Å². The molecular weight excluding hydrogens is 393 g/mol. The highest BCUT2D eigenvalue weighted by Gasteiger charge is 2.32. The number of likely N-dealkylation sites (tertiary alicyclic amines) is 1. The van der Waals surface area contributed by atoms with E-state index in [2.05, 4.69) is 10.2 Å². The molecule has 0 spiro atoms. The van der Waals surface area contributed by atoms with E-state index in [-0.39, 0.29) is 35.6 Å². The summed E-state index contributed by atoms with van der Waals surface area (Å²) in [6.07, 6.45) is -0.102. The Kier molecular flexibility index (Phi) is 6.38. The van der Waals surface area contributed by atoms with Gasteiger partial charge in [0.05, 0.1) is 5.92 Å². The van der Waals surface area contributed by atoms with Crippen LogP contribution in [-0.2, 0) is 14.3 Å². The van der Waals surface area contributed by atoms with E-state index in [0.717, 1.165) is 0 Å². The largest absolute Gasteiger partial charge is 0.452 e. The second-order valence-electron chi connectivity index (χ2n) is 8.27. The molecule has 1 aromatic heterocycles. The Bertz CT molecular complexity index is 883. The first-order chi connectivity index (χ1) is 14.1. The minimum absolute atomic E-state index is 0.161. The smallest absolute Gasteiger partial charge is 0.410 e. The second-order valence-corrected chi connectivity index (χ2v) is 8.27. The molecule has 0 bridgehead atoms. The van der Waals surface area contributed by atoms with E-state index in [9.17, 15) is 14.0 Å². The first-order valence-electron chi connectivity index (χ1n) is 9.90. The minimum atomic E-state index is -0.719. The van der Waals surface area contributed by atoms with Gasteiger partial charge in [-0.15, -0.1) is 10.2 Å². The van der Waals surface area contributed by atoms with Gasteiger partial charge >= 0.3 is 12.1 Å². The molecular formula is C21H26FN3O5. The zero-order valence-corrected chi connectivity index (χ0v) is 17.6. The first kappa shape index (κ1) is 21.7. The Balaban J connectivity index is 1.52. The fraction of sp³-hybridized carbons (Fsp3) is 0.524. The van der Waals surface area contributed by atoms with Crippen molar-refractivity contribution >= 4 is 12.1 Å². The molecule has 1 amide bonds. The Hall–Kier alpha value is -2.97. The van der Waals surface area contributed by atoms with Crippen molar-refractivity contribution in [2.75, 3.05) is 13.1 Å². The molecule has 1 saturated heterocycles. The predicted molar refractivity (Wildman–Crippen MR) is 105 cm³/mol. The number of nitrogens with zero attached hydrogens (tertiary/aromatic N) is 3. The molecule has 0 radical (unpaired) electrons. The Morgan fingerprint density at radius 2 is 1.80 bits per heavy atom. The highest BCUT2D eigenvalue weighted by molar-refractivity contribution is 5.74. The summed E-state index contributed by atoms with van der Waals surface area (Å²) in [7, 11) is 0. The van der Waals surface area contributed by atoms with Crippen LogP contribution in [0.5, 0.6) is 0 Å². The molecule has 2 aromatic rings. The quantitative estimate of drug-likeness (QED) is 0.688. The first-order valence-corrected chi connectivity index (χ1v) is 9.90. The van der Waals surface area contributed by atoms with Crippen molar-refractivity contribution in [3.63, 3.8) is 0 Å². The van der Waals surface area contributed by atoms with Crippen LogP contribution in [0.1, 0.15) is 52.5 Å². The molecule has 162 valence electrons. The third kappa shape index (κ3) is 5.55. The van der Waals surface area contributed by atoms with E-state index >= 15 is 0 Å². The molecule has 1 aromatic carbocycles. The fourth-order valence-corrected chi connectivity index (χ4v) is 3.05. The molecule has 9 heteroatoms. The van der Waals surface area contributed by atoms with Gasteiger partial charge in [-0.05, 0) is 64.8 Å². The number of benzene rings is 1. The van der Waals surface area contributed by atoms with E-state index in [4.69, 9.17) is 13.9 Å². The lowest BCUT2D eigenvalue weighted by Crippen LogP contribution is -2.43. The van der Waals surface area contributed by atoms with Gasteiger partial charge in [-0.2, -0.15) is 0 Å². The standard InChI is InChI=1S/C21H26FN3O5/c1-13(17-23-24-18(29-17)14-5-7-16(22)8-6-14)28-19(26)15-9-11-25(12-10-15)20(27)30-21(2,3)4/h5-8,13,15H,9-12H2,1-4H3/t13-/m1/s1. The number of ether oxygens (including phenoxy) is 2. The number of carbonyl (C=O) groups excluding carboxylic acids is 2. The van der Waals surface area contributed by atoms with Crippen LogP contribution in [0.3, 0.4) is 0 Å². The topological polar surface area (TPSA) is 94.8 Å². The lowest BCUT2D eigenvalue weighted by Gasteiger charge is -2.32. The maximum atomic E-state index is 13.0. The molecule has 1 aliphatic heterocycles. The SMILES string of the molecule is C[C@@H](OC(=O)C1CCN(C(=O)OC(C)(C)C)CC1)c1nnc(-c2ccc(F)cc2)o1. The van der Waals surface area contributed by atoms with Crippen LogP contribution in [0.15, 0.2) is 28.7 Å². The van der Waals surface area contributed by atoms with Gasteiger partial charge in [-0.1, -0.05) is 0 Å². The van der Waals surface area contributed by atoms with Crippen molar-refractivity contribution in [1.29, 1.82) is 0 Å². The number of aromatic nitrogens is 2. The summed E-state index contributed by atoms with van der Waals surface area (Å²) in [5.74, 6) is -0.663. The molecule has 3 rings (SSSR count). The number of halogens is 1. The maximum Gasteiger partial charge on any atom is 0.410 e. The number of piperidine rings is 1. The molecule has 0 aliphatic carbocycles. The molecule has 0 saturated carbocycles. The van der Waals surface area contributed by atoms with Crippen molar-refractivity contribution in [2.24, 2.45) is 5.92 Å². The van der Waals surface area contributed by atoms with Crippen LogP contribution >= 0.6 is 0 Å². The Morgan fingerprint density at radius 3 is 2.40 bits per heavy atom. The van der Waals surface area contributed by atoms with Gasteiger partial charge in [0.2, 0.25) is 5.89 Å². The molecule has 30 heavy (non-hydrogen) atoms. The monoisotopic (exact) mass is 419 g/mol. The van der Waals surface area contributed by atoms with E-state index in [1.807, 2.05) is 20.8 Å². The lowest BCUT2D eigenvalue weighted by molar-refractivity contribution is -0.156. The zero-order chi connectivity index (χ0) is 21.9. The van der Waals surface area contributed by atoms with Crippen molar-refractivity contribution in [3.8, 4) is 11.5 Å². The van der Waals surface area contributed by atoms with Crippen molar-refractivity contribution in [1.82, 2.24) is 15.1 Å². The van der Waals surface area contributed by atoms with Gasteiger partial charge in [0.25, 0.3) is 5.89 Å². The summed E-state index contributed by atoms with van der Waals surface area (Å²) in [5, 5.41) is 7.85. The number of carbonyl (C=O) groups is 2. The summed E-state index contributed by atoms with van der Waals surface area (Å²) in [4.78, 5) is 26.2. The molecule has 1 fully saturated rings. The van der Waals surface area contributed by atoms with Crippen LogP contribution in [0.2, 0.25) is 0 Å². The van der Waals surface area contributed by atoms with Crippen LogP contribution in [0.4, 0.5) is 9.18 Å². The highest BCUT2D eigenvalue weighted by Crippen LogP contribution is 2.26. The summed E-state index contributed by atoms with van der Waals surface area (Å²) in [6, 6.07) is 5.65. The number of esters is 1. The third-order valence-corrected chi connectivity index (χ3v) is 4.65. The third-order valence-electron chi connectivity index (χ3n) is 4.65. The van der Waals surface area contributed by atoms with Crippen molar-refractivity contribution < 1.29 is 27.9 Å². The van der Waals surface area contributed by atoms with E-state index in [0.29, 0.717) is 31.5 Å². The van der Waals surface area contributed by atoms with Gasteiger partial charge in [0.1, 0.15) is 11.4 Å². The molecule has 1 aliphatic rings. The number of rotatable bonds is 4. The summed E-state index contributed by atoms with van der Waals surface area (Å²) in [5.41, 5.74) is 0.0160. The Morgan fingerprint density at radius 1 is 1.17 bits per heavy atom. The number of hydrogen-bond donors (Lipinski definition) is 0. The Labute approximate surface area is 174 Å². The number of hydrogen-bond acceptors (Lipinski definition) is 7. The molecule has 1 atom stereocenters. The molecule has 8 nitrogen and oxygen atoms in total.